The molecule has 6 heteroatoms. The molecule has 0 aliphatic carbocycles. The van der Waals surface area contributed by atoms with Gasteiger partial charge in [-0.15, -0.1) is 0 Å². The number of phenols is 1. The third-order valence-corrected chi connectivity index (χ3v) is 4.31. The van der Waals surface area contributed by atoms with E-state index in [1.807, 2.05) is 18.2 Å². The Balaban J connectivity index is 1.82. The summed E-state index contributed by atoms with van der Waals surface area (Å²) in [5.74, 6) is 1.42. The molecular formula is C14H11Br2NO3. The number of hydrogen-bond donors (Lipinski definition) is 2. The third kappa shape index (κ3) is 2.58. The maximum atomic E-state index is 9.99. The Bertz CT molecular complexity index is 641. The van der Waals surface area contributed by atoms with Gasteiger partial charge in [0, 0.05) is 27.1 Å². The molecule has 3 rings (SSSR count). The molecule has 0 saturated carbocycles. The highest BCUT2D eigenvalue weighted by atomic mass is 79.9. The summed E-state index contributed by atoms with van der Waals surface area (Å²) in [6.07, 6.45) is 0. The van der Waals surface area contributed by atoms with Crippen molar-refractivity contribution in [2.75, 3.05) is 12.1 Å². The van der Waals surface area contributed by atoms with Gasteiger partial charge in [-0.25, -0.2) is 0 Å². The minimum atomic E-state index is 0.185. The van der Waals surface area contributed by atoms with Crippen molar-refractivity contribution in [3.05, 3.63) is 44.8 Å². The van der Waals surface area contributed by atoms with Crippen LogP contribution in [0.25, 0.3) is 0 Å². The number of para-hydroxylation sites is 1. The van der Waals surface area contributed by atoms with Crippen LogP contribution in [0.3, 0.4) is 0 Å². The molecule has 104 valence electrons. The number of rotatable bonds is 3. The van der Waals surface area contributed by atoms with Gasteiger partial charge in [-0.1, -0.05) is 6.07 Å². The largest absolute Gasteiger partial charge is 0.507 e. The van der Waals surface area contributed by atoms with Crippen LogP contribution in [0.2, 0.25) is 0 Å². The summed E-state index contributed by atoms with van der Waals surface area (Å²) in [5.41, 5.74) is 1.68. The average Bonchev–Trinajstić information content (AvgIpc) is 2.85. The van der Waals surface area contributed by atoms with Crippen LogP contribution < -0.4 is 14.8 Å². The van der Waals surface area contributed by atoms with Crippen molar-refractivity contribution >= 4 is 37.5 Å². The Labute approximate surface area is 133 Å². The van der Waals surface area contributed by atoms with Gasteiger partial charge in [0.15, 0.2) is 11.5 Å². The predicted octanol–water partition coefficient (Wildman–Crippen LogP) is 4.26. The number of halogens is 2. The van der Waals surface area contributed by atoms with Gasteiger partial charge in [-0.3, -0.25) is 0 Å². The number of fused-ring (bicyclic) bond motifs is 1. The third-order valence-electron chi connectivity index (χ3n) is 2.99. The average molecular weight is 401 g/mol. The molecule has 0 unspecified atom stereocenters. The topological polar surface area (TPSA) is 50.7 Å². The van der Waals surface area contributed by atoms with Gasteiger partial charge >= 0.3 is 0 Å². The molecule has 0 saturated heterocycles. The molecule has 0 spiro atoms. The van der Waals surface area contributed by atoms with Crippen molar-refractivity contribution < 1.29 is 14.6 Å². The van der Waals surface area contributed by atoms with Gasteiger partial charge in [-0.05, 0) is 50.1 Å². The second-order valence-electron chi connectivity index (χ2n) is 4.28. The predicted molar refractivity (Wildman–Crippen MR) is 83.4 cm³/mol. The Kier molecular flexibility index (Phi) is 3.76. The maximum Gasteiger partial charge on any atom is 0.231 e. The summed E-state index contributed by atoms with van der Waals surface area (Å²) in [6, 6.07) is 9.21. The zero-order chi connectivity index (χ0) is 14.1. The van der Waals surface area contributed by atoms with Crippen LogP contribution in [0, 0.1) is 0 Å². The molecule has 1 aliphatic rings. The summed E-state index contributed by atoms with van der Waals surface area (Å²) < 4.78 is 12.4. The van der Waals surface area contributed by atoms with E-state index in [0.717, 1.165) is 20.2 Å². The SMILES string of the molecule is Oc1cc2c(cc1CNc1c(Br)cccc1Br)OCO2. The highest BCUT2D eigenvalue weighted by molar-refractivity contribution is 9.11. The molecular weight excluding hydrogens is 390 g/mol. The van der Waals surface area contributed by atoms with Gasteiger partial charge < -0.3 is 19.9 Å². The first kappa shape index (κ1) is 13.6. The maximum absolute atomic E-state index is 9.99. The van der Waals surface area contributed by atoms with Crippen molar-refractivity contribution in [2.45, 2.75) is 6.54 Å². The number of nitrogens with one attached hydrogen (secondary N) is 1. The number of phenolic OH excluding ortho intramolecular Hbond substituents is 1. The highest BCUT2D eigenvalue weighted by Crippen LogP contribution is 2.38. The molecule has 4 nitrogen and oxygen atoms in total. The lowest BCUT2D eigenvalue weighted by atomic mass is 10.1. The fourth-order valence-corrected chi connectivity index (χ4v) is 3.24. The fourth-order valence-electron chi connectivity index (χ4n) is 1.97. The van der Waals surface area contributed by atoms with Crippen molar-refractivity contribution in [2.24, 2.45) is 0 Å². The fraction of sp³-hybridized carbons (Fsp3) is 0.143. The Morgan fingerprint density at radius 1 is 1.10 bits per heavy atom. The number of benzene rings is 2. The first-order chi connectivity index (χ1) is 9.65. The minimum absolute atomic E-state index is 0.185. The van der Waals surface area contributed by atoms with Gasteiger partial charge in [0.25, 0.3) is 0 Å². The molecule has 0 bridgehead atoms. The summed E-state index contributed by atoms with van der Waals surface area (Å²) >= 11 is 6.98. The Morgan fingerprint density at radius 2 is 1.75 bits per heavy atom. The van der Waals surface area contributed by atoms with Crippen LogP contribution in [0.15, 0.2) is 39.3 Å². The number of aromatic hydroxyl groups is 1. The molecule has 2 aromatic carbocycles. The van der Waals surface area contributed by atoms with Crippen LogP contribution in [0.5, 0.6) is 17.2 Å². The molecule has 0 atom stereocenters. The highest BCUT2D eigenvalue weighted by Gasteiger charge is 2.17. The summed E-state index contributed by atoms with van der Waals surface area (Å²) in [5, 5.41) is 13.3. The first-order valence-corrected chi connectivity index (χ1v) is 7.53. The second kappa shape index (κ2) is 5.54. The van der Waals surface area contributed by atoms with Gasteiger partial charge in [0.2, 0.25) is 6.79 Å². The smallest absolute Gasteiger partial charge is 0.231 e. The van der Waals surface area contributed by atoms with Crippen LogP contribution in [-0.4, -0.2) is 11.9 Å². The molecule has 2 N–H and O–H groups in total. The van der Waals surface area contributed by atoms with Crippen molar-refractivity contribution in [3.63, 3.8) is 0 Å². The van der Waals surface area contributed by atoms with Gasteiger partial charge in [-0.2, -0.15) is 0 Å². The van der Waals surface area contributed by atoms with Crippen LogP contribution in [-0.2, 0) is 6.54 Å². The van der Waals surface area contributed by atoms with Crippen LogP contribution in [0.4, 0.5) is 5.69 Å². The molecule has 0 fully saturated rings. The van der Waals surface area contributed by atoms with Crippen molar-refractivity contribution in [1.29, 1.82) is 0 Å². The summed E-state index contributed by atoms with van der Waals surface area (Å²) in [7, 11) is 0. The second-order valence-corrected chi connectivity index (χ2v) is 5.99. The molecule has 0 aromatic heterocycles. The lowest BCUT2D eigenvalue weighted by Gasteiger charge is -2.12. The van der Waals surface area contributed by atoms with E-state index in [9.17, 15) is 5.11 Å². The lowest BCUT2D eigenvalue weighted by Crippen LogP contribution is -2.01. The number of anilines is 1. The molecule has 2 aromatic rings. The van der Waals surface area contributed by atoms with Crippen LogP contribution in [0.1, 0.15) is 5.56 Å². The number of ether oxygens (including phenoxy) is 2. The number of hydrogen-bond acceptors (Lipinski definition) is 4. The zero-order valence-electron chi connectivity index (χ0n) is 10.3. The monoisotopic (exact) mass is 399 g/mol. The van der Waals surface area contributed by atoms with E-state index in [-0.39, 0.29) is 12.5 Å². The molecule has 1 heterocycles. The quantitative estimate of drug-likeness (QED) is 0.808. The zero-order valence-corrected chi connectivity index (χ0v) is 13.5. The van der Waals surface area contributed by atoms with Crippen molar-refractivity contribution in [1.82, 2.24) is 0 Å². The minimum Gasteiger partial charge on any atom is -0.507 e. The Morgan fingerprint density at radius 3 is 2.45 bits per heavy atom. The van der Waals surface area contributed by atoms with Gasteiger partial charge in [0.1, 0.15) is 5.75 Å². The molecule has 20 heavy (non-hydrogen) atoms. The van der Waals surface area contributed by atoms with E-state index in [1.54, 1.807) is 12.1 Å². The summed E-state index contributed by atoms with van der Waals surface area (Å²) in [6.45, 7) is 0.672. The van der Waals surface area contributed by atoms with E-state index < -0.39 is 0 Å². The molecule has 0 amide bonds. The van der Waals surface area contributed by atoms with E-state index in [4.69, 9.17) is 9.47 Å². The molecule has 0 radical (unpaired) electrons. The standard InChI is InChI=1S/C14H11Br2NO3/c15-9-2-1-3-10(16)14(9)17-6-8-4-12-13(5-11(8)18)20-7-19-12/h1-5,17-18H,6-7H2. The lowest BCUT2D eigenvalue weighted by molar-refractivity contribution is 0.174. The van der Waals surface area contributed by atoms with Crippen molar-refractivity contribution in [3.8, 4) is 17.2 Å². The normalized spacial score (nSPS) is 12.5. The summed E-state index contributed by atoms with van der Waals surface area (Å²) in [4.78, 5) is 0. The van der Waals surface area contributed by atoms with Gasteiger partial charge in [0.05, 0.1) is 5.69 Å². The van der Waals surface area contributed by atoms with E-state index in [2.05, 4.69) is 37.2 Å². The first-order valence-electron chi connectivity index (χ1n) is 5.94. The van der Waals surface area contributed by atoms with E-state index in [1.165, 1.54) is 0 Å². The van der Waals surface area contributed by atoms with E-state index in [0.29, 0.717) is 18.0 Å². The van der Waals surface area contributed by atoms with E-state index >= 15 is 0 Å². The Hall–Kier alpha value is -1.40. The van der Waals surface area contributed by atoms with Crippen LogP contribution >= 0.6 is 31.9 Å². The molecule has 1 aliphatic heterocycles.